The lowest BCUT2D eigenvalue weighted by Crippen LogP contribution is -2.38. The van der Waals surface area contributed by atoms with Crippen molar-refractivity contribution in [1.82, 2.24) is 10.2 Å². The van der Waals surface area contributed by atoms with Crippen molar-refractivity contribution in [1.29, 1.82) is 0 Å². The molecule has 1 spiro atoms. The molecule has 116 valence electrons. The monoisotopic (exact) mass is 280 g/mol. The number of ether oxygens (including phenoxy) is 1. The Hall–Kier alpha value is -0.120. The Morgan fingerprint density at radius 1 is 1.05 bits per heavy atom. The van der Waals surface area contributed by atoms with E-state index in [1.807, 2.05) is 0 Å². The molecule has 3 aliphatic rings. The van der Waals surface area contributed by atoms with Crippen LogP contribution in [0.15, 0.2) is 0 Å². The minimum atomic E-state index is 0.299. The molecule has 1 saturated heterocycles. The van der Waals surface area contributed by atoms with Crippen LogP contribution in [0.5, 0.6) is 0 Å². The van der Waals surface area contributed by atoms with E-state index in [0.29, 0.717) is 11.7 Å². The highest BCUT2D eigenvalue weighted by Crippen LogP contribution is 2.43. The summed E-state index contributed by atoms with van der Waals surface area (Å²) in [6.45, 7) is 3.35. The molecule has 2 aliphatic carbocycles. The first-order chi connectivity index (χ1) is 9.77. The molecule has 1 unspecified atom stereocenters. The van der Waals surface area contributed by atoms with Gasteiger partial charge in [0.2, 0.25) is 0 Å². The van der Waals surface area contributed by atoms with Gasteiger partial charge in [0.25, 0.3) is 0 Å². The summed E-state index contributed by atoms with van der Waals surface area (Å²) >= 11 is 0. The fourth-order valence-corrected chi connectivity index (χ4v) is 4.47. The van der Waals surface area contributed by atoms with Crippen molar-refractivity contribution >= 4 is 0 Å². The Morgan fingerprint density at radius 2 is 1.80 bits per heavy atom. The van der Waals surface area contributed by atoms with E-state index in [1.165, 1.54) is 70.8 Å². The molecule has 1 N–H and O–H groups in total. The number of rotatable bonds is 6. The van der Waals surface area contributed by atoms with Crippen LogP contribution in [0.4, 0.5) is 0 Å². The second-order valence-corrected chi connectivity index (χ2v) is 7.29. The topological polar surface area (TPSA) is 24.5 Å². The van der Waals surface area contributed by atoms with Crippen molar-refractivity contribution in [3.63, 3.8) is 0 Å². The van der Waals surface area contributed by atoms with Crippen molar-refractivity contribution in [2.45, 2.75) is 82.0 Å². The third kappa shape index (κ3) is 3.55. The summed E-state index contributed by atoms with van der Waals surface area (Å²) in [6, 6.07) is 0.848. The van der Waals surface area contributed by atoms with Gasteiger partial charge in [-0.3, -0.25) is 0 Å². The van der Waals surface area contributed by atoms with E-state index in [1.54, 1.807) is 0 Å². The first-order valence-electron chi connectivity index (χ1n) is 8.86. The highest BCUT2D eigenvalue weighted by molar-refractivity contribution is 4.93. The molecule has 0 aromatic heterocycles. The van der Waals surface area contributed by atoms with Gasteiger partial charge in [-0.1, -0.05) is 25.7 Å². The molecular formula is C17H32N2O. The molecule has 3 heteroatoms. The molecule has 3 fully saturated rings. The second kappa shape index (κ2) is 6.76. The third-order valence-electron chi connectivity index (χ3n) is 5.81. The van der Waals surface area contributed by atoms with E-state index in [0.717, 1.165) is 19.1 Å². The predicted molar refractivity (Wildman–Crippen MR) is 83.1 cm³/mol. The maximum absolute atomic E-state index is 6.34. The SMILES string of the molecule is CN(CCNCC1CCC2(CCCC2)O1)C1CCCC1. The van der Waals surface area contributed by atoms with Gasteiger partial charge in [0.15, 0.2) is 0 Å². The third-order valence-corrected chi connectivity index (χ3v) is 5.81. The van der Waals surface area contributed by atoms with Gasteiger partial charge in [-0.05, 0) is 45.6 Å². The largest absolute Gasteiger partial charge is 0.370 e. The lowest BCUT2D eigenvalue weighted by molar-refractivity contribution is -0.0351. The summed E-state index contributed by atoms with van der Waals surface area (Å²) in [5.74, 6) is 0. The van der Waals surface area contributed by atoms with Gasteiger partial charge in [-0.25, -0.2) is 0 Å². The summed E-state index contributed by atoms with van der Waals surface area (Å²) in [7, 11) is 2.29. The number of nitrogens with zero attached hydrogens (tertiary/aromatic N) is 1. The van der Waals surface area contributed by atoms with Crippen LogP contribution in [0.2, 0.25) is 0 Å². The second-order valence-electron chi connectivity index (χ2n) is 7.29. The van der Waals surface area contributed by atoms with Crippen LogP contribution in [0.25, 0.3) is 0 Å². The van der Waals surface area contributed by atoms with Crippen molar-refractivity contribution in [3.8, 4) is 0 Å². The standard InChI is InChI=1S/C17H32N2O/c1-19(15-6-2-3-7-15)13-12-18-14-16-8-11-17(20-16)9-4-5-10-17/h15-16,18H,2-14H2,1H3. The zero-order valence-electron chi connectivity index (χ0n) is 13.2. The first-order valence-corrected chi connectivity index (χ1v) is 8.86. The molecule has 1 aliphatic heterocycles. The van der Waals surface area contributed by atoms with E-state index < -0.39 is 0 Å². The average molecular weight is 280 g/mol. The molecule has 0 bridgehead atoms. The zero-order valence-corrected chi connectivity index (χ0v) is 13.2. The molecule has 0 aromatic rings. The summed E-state index contributed by atoms with van der Waals surface area (Å²) in [6.07, 6.45) is 14.1. The van der Waals surface area contributed by atoms with E-state index in [2.05, 4.69) is 17.3 Å². The molecule has 0 aromatic carbocycles. The molecule has 0 amide bonds. The molecule has 0 radical (unpaired) electrons. The van der Waals surface area contributed by atoms with Crippen LogP contribution >= 0.6 is 0 Å². The van der Waals surface area contributed by atoms with Gasteiger partial charge in [0.05, 0.1) is 11.7 Å². The number of hydrogen-bond donors (Lipinski definition) is 1. The van der Waals surface area contributed by atoms with E-state index in [-0.39, 0.29) is 0 Å². The first kappa shape index (κ1) is 14.8. The Morgan fingerprint density at radius 3 is 2.55 bits per heavy atom. The molecule has 1 heterocycles. The van der Waals surface area contributed by atoms with Gasteiger partial charge in [-0.15, -0.1) is 0 Å². The highest BCUT2D eigenvalue weighted by atomic mass is 16.5. The van der Waals surface area contributed by atoms with Gasteiger partial charge in [0, 0.05) is 25.7 Å². The van der Waals surface area contributed by atoms with Crippen LogP contribution in [0, 0.1) is 0 Å². The zero-order chi connectivity index (χ0) is 13.8. The molecule has 20 heavy (non-hydrogen) atoms. The lowest BCUT2D eigenvalue weighted by atomic mass is 9.98. The normalized spacial score (nSPS) is 30.0. The minimum absolute atomic E-state index is 0.299. The van der Waals surface area contributed by atoms with Gasteiger partial charge in [0.1, 0.15) is 0 Å². The lowest BCUT2D eigenvalue weighted by Gasteiger charge is -2.25. The van der Waals surface area contributed by atoms with Crippen molar-refractivity contribution in [3.05, 3.63) is 0 Å². The predicted octanol–water partition coefficient (Wildman–Crippen LogP) is 2.94. The Bertz CT molecular complexity index is 295. The quantitative estimate of drug-likeness (QED) is 0.757. The van der Waals surface area contributed by atoms with Crippen molar-refractivity contribution in [2.75, 3.05) is 26.7 Å². The summed E-state index contributed by atoms with van der Waals surface area (Å²) < 4.78 is 6.34. The molecular weight excluding hydrogens is 248 g/mol. The fourth-order valence-electron chi connectivity index (χ4n) is 4.47. The van der Waals surface area contributed by atoms with Crippen LogP contribution < -0.4 is 5.32 Å². The van der Waals surface area contributed by atoms with Crippen LogP contribution in [0.1, 0.15) is 64.2 Å². The molecule has 2 saturated carbocycles. The summed E-state index contributed by atoms with van der Waals surface area (Å²) in [4.78, 5) is 2.55. The van der Waals surface area contributed by atoms with Crippen LogP contribution in [-0.2, 0) is 4.74 Å². The minimum Gasteiger partial charge on any atom is -0.370 e. The van der Waals surface area contributed by atoms with Gasteiger partial charge >= 0.3 is 0 Å². The van der Waals surface area contributed by atoms with Crippen molar-refractivity contribution in [2.24, 2.45) is 0 Å². The fraction of sp³-hybridized carbons (Fsp3) is 1.00. The van der Waals surface area contributed by atoms with Gasteiger partial charge < -0.3 is 15.0 Å². The summed E-state index contributed by atoms with van der Waals surface area (Å²) in [5, 5.41) is 3.62. The summed E-state index contributed by atoms with van der Waals surface area (Å²) in [5.41, 5.74) is 0.299. The van der Waals surface area contributed by atoms with Crippen LogP contribution in [0.3, 0.4) is 0 Å². The number of likely N-dealkylation sites (N-methyl/N-ethyl adjacent to an activating group) is 1. The maximum atomic E-state index is 6.34. The van der Waals surface area contributed by atoms with Crippen LogP contribution in [-0.4, -0.2) is 49.3 Å². The number of hydrogen-bond acceptors (Lipinski definition) is 3. The molecule has 3 rings (SSSR count). The number of nitrogens with one attached hydrogen (secondary N) is 1. The van der Waals surface area contributed by atoms with E-state index in [4.69, 9.17) is 4.74 Å². The Labute approximate surface area is 124 Å². The Kier molecular flexibility index (Phi) is 5.00. The maximum Gasteiger partial charge on any atom is 0.0708 e. The molecule has 1 atom stereocenters. The Balaban J connectivity index is 1.28. The van der Waals surface area contributed by atoms with E-state index in [9.17, 15) is 0 Å². The molecule has 3 nitrogen and oxygen atoms in total. The highest BCUT2D eigenvalue weighted by Gasteiger charge is 2.41. The van der Waals surface area contributed by atoms with Gasteiger partial charge in [-0.2, -0.15) is 0 Å². The van der Waals surface area contributed by atoms with Crippen molar-refractivity contribution < 1.29 is 4.74 Å². The average Bonchev–Trinajstić information content (AvgIpc) is 3.18. The smallest absolute Gasteiger partial charge is 0.0708 e. The van der Waals surface area contributed by atoms with E-state index >= 15 is 0 Å².